The lowest BCUT2D eigenvalue weighted by molar-refractivity contribution is 0.0951. The van der Waals surface area contributed by atoms with E-state index in [0.29, 0.717) is 5.75 Å². The molecule has 2 rings (SSSR count). The molecule has 0 heterocycles. The number of nitrogens with one attached hydrogen (secondary N) is 2. The molecule has 2 N–H and O–H groups in total. The molecule has 0 spiro atoms. The second kappa shape index (κ2) is 7.31. The third kappa shape index (κ3) is 4.95. The summed E-state index contributed by atoms with van der Waals surface area (Å²) in [7, 11) is -2.06. The lowest BCUT2D eigenvalue weighted by Crippen LogP contribution is -2.25. The van der Waals surface area contributed by atoms with E-state index in [1.165, 1.54) is 13.2 Å². The molecule has 0 saturated heterocycles. The largest absolute Gasteiger partial charge is 0.497 e. The first kappa shape index (κ1) is 17.7. The molecule has 0 aliphatic heterocycles. The van der Waals surface area contributed by atoms with Crippen molar-refractivity contribution < 1.29 is 22.3 Å². The van der Waals surface area contributed by atoms with Crippen LogP contribution in [0.3, 0.4) is 0 Å². The van der Waals surface area contributed by atoms with Crippen molar-refractivity contribution in [1.29, 1.82) is 0 Å². The molecule has 2 aromatic rings. The third-order valence-electron chi connectivity index (χ3n) is 3.11. The monoisotopic (exact) mass is 352 g/mol. The van der Waals surface area contributed by atoms with E-state index in [9.17, 15) is 17.6 Å². The Morgan fingerprint density at radius 2 is 1.96 bits per heavy atom. The zero-order valence-electron chi connectivity index (χ0n) is 13.2. The Bertz CT molecular complexity index is 853. The zero-order chi connectivity index (χ0) is 17.7. The Balaban J connectivity index is 2.18. The van der Waals surface area contributed by atoms with Gasteiger partial charge in [-0.3, -0.25) is 9.52 Å². The number of carbonyl (C=O) groups is 1. The van der Waals surface area contributed by atoms with E-state index in [4.69, 9.17) is 4.74 Å². The zero-order valence-corrected chi connectivity index (χ0v) is 14.0. The molecule has 0 aromatic heterocycles. The minimum atomic E-state index is -3.59. The van der Waals surface area contributed by atoms with Crippen LogP contribution >= 0.6 is 0 Å². The highest BCUT2D eigenvalue weighted by Gasteiger charge is 2.15. The van der Waals surface area contributed by atoms with Gasteiger partial charge in [-0.05, 0) is 35.9 Å². The molecule has 0 aliphatic rings. The Labute approximate surface area is 139 Å². The molecule has 1 amide bonds. The molecule has 24 heavy (non-hydrogen) atoms. The normalized spacial score (nSPS) is 11.0. The van der Waals surface area contributed by atoms with Crippen molar-refractivity contribution in [2.45, 2.75) is 6.54 Å². The number of hydrogen-bond acceptors (Lipinski definition) is 4. The number of anilines is 1. The van der Waals surface area contributed by atoms with Crippen LogP contribution in [0, 0.1) is 5.82 Å². The van der Waals surface area contributed by atoms with Crippen LogP contribution in [0.5, 0.6) is 5.75 Å². The van der Waals surface area contributed by atoms with Crippen molar-refractivity contribution in [3.8, 4) is 5.75 Å². The van der Waals surface area contributed by atoms with Crippen molar-refractivity contribution in [3.05, 3.63) is 59.4 Å². The predicted octanol–water partition coefficient (Wildman–Crippen LogP) is 2.14. The lowest BCUT2D eigenvalue weighted by Gasteiger charge is -2.12. The van der Waals surface area contributed by atoms with Crippen molar-refractivity contribution >= 4 is 21.6 Å². The maximum absolute atomic E-state index is 13.4. The minimum Gasteiger partial charge on any atom is -0.497 e. The van der Waals surface area contributed by atoms with Gasteiger partial charge in [-0.1, -0.05) is 12.1 Å². The van der Waals surface area contributed by atoms with E-state index in [2.05, 4.69) is 10.0 Å². The molecule has 0 radical (unpaired) electrons. The summed E-state index contributed by atoms with van der Waals surface area (Å²) in [6, 6.07) is 10.4. The van der Waals surface area contributed by atoms with Crippen LogP contribution in [0.15, 0.2) is 42.5 Å². The maximum atomic E-state index is 13.4. The Morgan fingerprint density at radius 1 is 1.21 bits per heavy atom. The topological polar surface area (TPSA) is 84.5 Å². The summed E-state index contributed by atoms with van der Waals surface area (Å²) in [6.07, 6.45) is 0.953. The van der Waals surface area contributed by atoms with Gasteiger partial charge in [0.15, 0.2) is 0 Å². The number of rotatable bonds is 6. The SMILES string of the molecule is COc1cccc(CNC(=O)c2cc(F)ccc2NS(C)(=O)=O)c1. The van der Waals surface area contributed by atoms with Crippen molar-refractivity contribution in [3.63, 3.8) is 0 Å². The molecule has 0 atom stereocenters. The molecule has 128 valence electrons. The molecule has 0 bridgehead atoms. The summed E-state index contributed by atoms with van der Waals surface area (Å²) >= 11 is 0. The van der Waals surface area contributed by atoms with Crippen molar-refractivity contribution in [2.75, 3.05) is 18.1 Å². The highest BCUT2D eigenvalue weighted by molar-refractivity contribution is 7.92. The molecule has 0 aliphatic carbocycles. The molecule has 6 nitrogen and oxygen atoms in total. The van der Waals surface area contributed by atoms with Gasteiger partial charge in [-0.15, -0.1) is 0 Å². The van der Waals surface area contributed by atoms with Gasteiger partial charge in [0.1, 0.15) is 11.6 Å². The number of ether oxygens (including phenoxy) is 1. The van der Waals surface area contributed by atoms with E-state index in [0.717, 1.165) is 24.0 Å². The average molecular weight is 352 g/mol. The lowest BCUT2D eigenvalue weighted by atomic mass is 10.1. The van der Waals surface area contributed by atoms with Crippen LogP contribution < -0.4 is 14.8 Å². The standard InChI is InChI=1S/C16H17FN2O4S/c1-23-13-5-3-4-11(8-13)10-18-16(20)14-9-12(17)6-7-15(14)19-24(2,21)22/h3-9,19H,10H2,1-2H3,(H,18,20). The van der Waals surface area contributed by atoms with Crippen LogP contribution in [0.2, 0.25) is 0 Å². The number of benzene rings is 2. The summed E-state index contributed by atoms with van der Waals surface area (Å²) in [6.45, 7) is 0.185. The smallest absolute Gasteiger partial charge is 0.253 e. The Morgan fingerprint density at radius 3 is 2.62 bits per heavy atom. The summed E-state index contributed by atoms with van der Waals surface area (Å²) < 4.78 is 43.4. The van der Waals surface area contributed by atoms with Gasteiger partial charge in [0.2, 0.25) is 10.0 Å². The van der Waals surface area contributed by atoms with Crippen LogP contribution in [0.1, 0.15) is 15.9 Å². The number of carbonyl (C=O) groups excluding carboxylic acids is 1. The molecular formula is C16H17FN2O4S. The van der Waals surface area contributed by atoms with E-state index in [1.54, 1.807) is 24.3 Å². The molecule has 0 fully saturated rings. The van der Waals surface area contributed by atoms with E-state index >= 15 is 0 Å². The molecule has 8 heteroatoms. The summed E-state index contributed by atoms with van der Waals surface area (Å²) in [5, 5.41) is 2.62. The van der Waals surface area contributed by atoms with Crippen LogP contribution in [-0.4, -0.2) is 27.7 Å². The molecule has 0 saturated carbocycles. The van der Waals surface area contributed by atoms with Gasteiger partial charge in [0.25, 0.3) is 5.91 Å². The summed E-state index contributed by atoms with van der Waals surface area (Å²) in [5.41, 5.74) is 0.710. The number of halogens is 1. The van der Waals surface area contributed by atoms with Gasteiger partial charge in [-0.2, -0.15) is 0 Å². The molecule has 0 unspecified atom stereocenters. The van der Waals surface area contributed by atoms with Gasteiger partial charge in [0.05, 0.1) is 24.6 Å². The van der Waals surface area contributed by atoms with Gasteiger partial charge < -0.3 is 10.1 Å². The van der Waals surface area contributed by atoms with E-state index in [-0.39, 0.29) is 17.8 Å². The third-order valence-corrected chi connectivity index (χ3v) is 3.70. The first-order chi connectivity index (χ1) is 11.3. The number of sulfonamides is 1. The number of methoxy groups -OCH3 is 1. The second-order valence-electron chi connectivity index (χ2n) is 5.10. The van der Waals surface area contributed by atoms with Gasteiger partial charge in [0, 0.05) is 6.54 Å². The summed E-state index contributed by atoms with van der Waals surface area (Å²) in [4.78, 5) is 12.3. The van der Waals surface area contributed by atoms with Crippen LogP contribution in [0.25, 0.3) is 0 Å². The second-order valence-corrected chi connectivity index (χ2v) is 6.85. The molecular weight excluding hydrogens is 335 g/mol. The number of amides is 1. The van der Waals surface area contributed by atoms with E-state index < -0.39 is 21.7 Å². The van der Waals surface area contributed by atoms with E-state index in [1.807, 2.05) is 0 Å². The fourth-order valence-corrected chi connectivity index (χ4v) is 2.63. The Kier molecular flexibility index (Phi) is 5.40. The fourth-order valence-electron chi connectivity index (χ4n) is 2.05. The summed E-state index contributed by atoms with van der Waals surface area (Å²) in [5.74, 6) is -0.587. The maximum Gasteiger partial charge on any atom is 0.253 e. The van der Waals surface area contributed by atoms with Crippen LogP contribution in [0.4, 0.5) is 10.1 Å². The molecule has 2 aromatic carbocycles. The van der Waals surface area contributed by atoms with Crippen molar-refractivity contribution in [2.24, 2.45) is 0 Å². The first-order valence-electron chi connectivity index (χ1n) is 6.97. The Hall–Kier alpha value is -2.61. The fraction of sp³-hybridized carbons (Fsp3) is 0.188. The van der Waals surface area contributed by atoms with Crippen molar-refractivity contribution in [1.82, 2.24) is 5.32 Å². The van der Waals surface area contributed by atoms with Crippen LogP contribution in [-0.2, 0) is 16.6 Å². The van der Waals surface area contributed by atoms with Gasteiger partial charge >= 0.3 is 0 Å². The highest BCUT2D eigenvalue weighted by atomic mass is 32.2. The highest BCUT2D eigenvalue weighted by Crippen LogP contribution is 2.19. The first-order valence-corrected chi connectivity index (χ1v) is 8.86. The average Bonchev–Trinajstić information content (AvgIpc) is 2.53. The number of hydrogen-bond donors (Lipinski definition) is 2. The quantitative estimate of drug-likeness (QED) is 0.834. The minimum absolute atomic E-state index is 0.0158. The van der Waals surface area contributed by atoms with Gasteiger partial charge in [-0.25, -0.2) is 12.8 Å². The predicted molar refractivity (Wildman–Crippen MR) is 89.0 cm³/mol.